The molecule has 0 unspecified atom stereocenters. The Morgan fingerprint density at radius 2 is 1.45 bits per heavy atom. The Hall–Kier alpha value is -2.28. The van der Waals surface area contributed by atoms with Crippen molar-refractivity contribution in [2.75, 3.05) is 4.90 Å². The van der Waals surface area contributed by atoms with Crippen molar-refractivity contribution in [1.82, 2.24) is 0 Å². The van der Waals surface area contributed by atoms with Gasteiger partial charge in [0.2, 0.25) is 0 Å². The van der Waals surface area contributed by atoms with Gasteiger partial charge in [0, 0.05) is 17.1 Å². The maximum absolute atomic E-state index is 2.26. The first kappa shape index (κ1) is 14.1. The van der Waals surface area contributed by atoms with Crippen LogP contribution in [0.15, 0.2) is 78.5 Å². The van der Waals surface area contributed by atoms with Crippen molar-refractivity contribution in [3.63, 3.8) is 0 Å². The molecule has 0 aliphatic rings. The Morgan fingerprint density at radius 1 is 0.850 bits per heavy atom. The fourth-order valence-electron chi connectivity index (χ4n) is 2.19. The number of para-hydroxylation sites is 1. The van der Waals surface area contributed by atoms with Gasteiger partial charge in [-0.15, -0.1) is 0 Å². The number of hydrogen-bond donors (Lipinski definition) is 0. The van der Waals surface area contributed by atoms with Crippen molar-refractivity contribution in [3.05, 3.63) is 84.1 Å². The van der Waals surface area contributed by atoms with E-state index in [2.05, 4.69) is 85.5 Å². The number of benzene rings is 2. The van der Waals surface area contributed by atoms with E-state index in [1.165, 1.54) is 22.6 Å². The molecule has 1 nitrogen and oxygen atoms in total. The van der Waals surface area contributed by atoms with Crippen LogP contribution in [0.5, 0.6) is 0 Å². The quantitative estimate of drug-likeness (QED) is 0.648. The minimum absolute atomic E-state index is 1.17. The van der Waals surface area contributed by atoms with Gasteiger partial charge in [0.25, 0.3) is 0 Å². The van der Waals surface area contributed by atoms with Crippen LogP contribution in [0.2, 0.25) is 0 Å². The van der Waals surface area contributed by atoms with Crippen LogP contribution in [0.1, 0.15) is 19.4 Å². The minimum Gasteiger partial charge on any atom is -0.311 e. The van der Waals surface area contributed by atoms with Crippen molar-refractivity contribution in [2.45, 2.75) is 20.8 Å². The van der Waals surface area contributed by atoms with Crippen molar-refractivity contribution >= 4 is 11.4 Å². The SMILES string of the molecule is C/C=C\C(=C/C)N(c1ccccc1)c1ccc(C)cc1. The number of rotatable bonds is 4. The van der Waals surface area contributed by atoms with Gasteiger partial charge in [-0.05, 0) is 51.1 Å². The maximum Gasteiger partial charge on any atom is 0.0461 e. The summed E-state index contributed by atoms with van der Waals surface area (Å²) in [5.41, 5.74) is 4.79. The van der Waals surface area contributed by atoms with Gasteiger partial charge in [-0.2, -0.15) is 0 Å². The maximum atomic E-state index is 2.26. The van der Waals surface area contributed by atoms with E-state index in [0.29, 0.717) is 0 Å². The number of hydrogen-bond acceptors (Lipinski definition) is 1. The zero-order valence-corrected chi connectivity index (χ0v) is 12.4. The van der Waals surface area contributed by atoms with E-state index in [-0.39, 0.29) is 0 Å². The van der Waals surface area contributed by atoms with E-state index in [9.17, 15) is 0 Å². The van der Waals surface area contributed by atoms with Crippen LogP contribution in [-0.4, -0.2) is 0 Å². The summed E-state index contributed by atoms with van der Waals surface area (Å²) >= 11 is 0. The Balaban J connectivity index is 2.52. The molecule has 2 aromatic carbocycles. The Kier molecular flexibility index (Phi) is 4.78. The lowest BCUT2D eigenvalue weighted by Crippen LogP contribution is -2.14. The summed E-state index contributed by atoms with van der Waals surface area (Å²) in [6.45, 7) is 6.22. The molecule has 0 saturated carbocycles. The molecule has 0 spiro atoms. The molecule has 0 heterocycles. The van der Waals surface area contributed by atoms with E-state index in [1.54, 1.807) is 0 Å². The van der Waals surface area contributed by atoms with Gasteiger partial charge >= 0.3 is 0 Å². The van der Waals surface area contributed by atoms with Crippen molar-refractivity contribution < 1.29 is 0 Å². The molecule has 1 heteroatoms. The number of allylic oxidation sites excluding steroid dienone is 3. The molecule has 0 bridgehead atoms. The molecular weight excluding hydrogens is 242 g/mol. The third kappa shape index (κ3) is 3.18. The van der Waals surface area contributed by atoms with Crippen LogP contribution in [-0.2, 0) is 0 Å². The summed E-state index contributed by atoms with van der Waals surface area (Å²) in [7, 11) is 0. The Morgan fingerprint density at radius 3 is 2.00 bits per heavy atom. The molecule has 2 aromatic rings. The van der Waals surface area contributed by atoms with Crippen molar-refractivity contribution in [2.24, 2.45) is 0 Å². The van der Waals surface area contributed by atoms with E-state index in [4.69, 9.17) is 0 Å². The minimum atomic E-state index is 1.17. The van der Waals surface area contributed by atoms with Crippen LogP contribution in [0.4, 0.5) is 11.4 Å². The average molecular weight is 263 g/mol. The summed E-state index contributed by atoms with van der Waals surface area (Å²) in [4.78, 5) is 2.26. The molecule has 0 fully saturated rings. The molecule has 0 atom stereocenters. The van der Waals surface area contributed by atoms with Crippen molar-refractivity contribution in [1.29, 1.82) is 0 Å². The number of anilines is 2. The zero-order chi connectivity index (χ0) is 14.4. The van der Waals surface area contributed by atoms with Crippen LogP contribution >= 0.6 is 0 Å². The molecule has 0 aliphatic carbocycles. The van der Waals surface area contributed by atoms with Crippen LogP contribution in [0.25, 0.3) is 0 Å². The van der Waals surface area contributed by atoms with Crippen LogP contribution < -0.4 is 4.90 Å². The predicted molar refractivity (Wildman–Crippen MR) is 88.3 cm³/mol. The highest BCUT2D eigenvalue weighted by Crippen LogP contribution is 2.30. The number of aryl methyl sites for hydroxylation is 1. The topological polar surface area (TPSA) is 3.24 Å². The molecule has 0 aliphatic heterocycles. The smallest absolute Gasteiger partial charge is 0.0461 e. The molecule has 0 N–H and O–H groups in total. The van der Waals surface area contributed by atoms with E-state index < -0.39 is 0 Å². The fraction of sp³-hybridized carbons (Fsp3) is 0.158. The van der Waals surface area contributed by atoms with Gasteiger partial charge in [0.1, 0.15) is 0 Å². The first-order chi connectivity index (χ1) is 9.76. The van der Waals surface area contributed by atoms with Gasteiger partial charge < -0.3 is 4.90 Å². The number of nitrogens with zero attached hydrogens (tertiary/aromatic N) is 1. The Bertz CT molecular complexity index is 591. The van der Waals surface area contributed by atoms with Crippen molar-refractivity contribution in [3.8, 4) is 0 Å². The molecule has 20 heavy (non-hydrogen) atoms. The van der Waals surface area contributed by atoms with Gasteiger partial charge in [-0.3, -0.25) is 0 Å². The fourth-order valence-corrected chi connectivity index (χ4v) is 2.19. The molecule has 0 aromatic heterocycles. The monoisotopic (exact) mass is 263 g/mol. The molecular formula is C19H21N. The first-order valence-corrected chi connectivity index (χ1v) is 6.97. The first-order valence-electron chi connectivity index (χ1n) is 6.97. The summed E-state index contributed by atoms with van der Waals surface area (Å²) in [5, 5.41) is 0. The van der Waals surface area contributed by atoms with Gasteiger partial charge in [-0.1, -0.05) is 48.0 Å². The standard InChI is InChI=1S/C19H21N/c1-4-9-17(5-2)20(18-10-7-6-8-11-18)19-14-12-16(3)13-15-19/h4-15H,1-3H3/b9-4-,17-5+. The van der Waals surface area contributed by atoms with Gasteiger partial charge in [0.15, 0.2) is 0 Å². The lowest BCUT2D eigenvalue weighted by molar-refractivity contribution is 1.19. The summed E-state index contributed by atoms with van der Waals surface area (Å²) in [6, 6.07) is 19.1. The lowest BCUT2D eigenvalue weighted by Gasteiger charge is -2.26. The summed E-state index contributed by atoms with van der Waals surface area (Å²) in [5.74, 6) is 0. The van der Waals surface area contributed by atoms with Crippen LogP contribution in [0, 0.1) is 6.92 Å². The second-order valence-corrected chi connectivity index (χ2v) is 4.72. The second kappa shape index (κ2) is 6.76. The van der Waals surface area contributed by atoms with E-state index >= 15 is 0 Å². The normalized spacial score (nSPS) is 11.8. The molecule has 0 amide bonds. The zero-order valence-electron chi connectivity index (χ0n) is 12.4. The van der Waals surface area contributed by atoms with Gasteiger partial charge in [0.05, 0.1) is 0 Å². The third-order valence-electron chi connectivity index (χ3n) is 3.20. The van der Waals surface area contributed by atoms with Gasteiger partial charge in [-0.25, -0.2) is 0 Å². The Labute approximate surface area is 121 Å². The van der Waals surface area contributed by atoms with Crippen LogP contribution in [0.3, 0.4) is 0 Å². The predicted octanol–water partition coefficient (Wildman–Crippen LogP) is 5.61. The summed E-state index contributed by atoms with van der Waals surface area (Å²) < 4.78 is 0. The molecule has 0 radical (unpaired) electrons. The molecule has 102 valence electrons. The average Bonchev–Trinajstić information content (AvgIpc) is 2.49. The largest absolute Gasteiger partial charge is 0.311 e. The summed E-state index contributed by atoms with van der Waals surface area (Å²) in [6.07, 6.45) is 6.33. The highest BCUT2D eigenvalue weighted by molar-refractivity contribution is 5.70. The van der Waals surface area contributed by atoms with E-state index in [0.717, 1.165) is 0 Å². The third-order valence-corrected chi connectivity index (χ3v) is 3.20. The highest BCUT2D eigenvalue weighted by atomic mass is 15.1. The lowest BCUT2D eigenvalue weighted by atomic mass is 10.1. The molecule has 2 rings (SSSR count). The van der Waals surface area contributed by atoms with E-state index in [1.807, 2.05) is 13.0 Å². The highest BCUT2D eigenvalue weighted by Gasteiger charge is 2.11. The molecule has 0 saturated heterocycles. The second-order valence-electron chi connectivity index (χ2n) is 4.72.